The third kappa shape index (κ3) is 2.91. The molecule has 0 spiro atoms. The van der Waals surface area contributed by atoms with Crippen LogP contribution in [0.4, 0.5) is 4.79 Å². The van der Waals surface area contributed by atoms with Crippen molar-refractivity contribution in [2.45, 2.75) is 13.0 Å². The number of fused-ring (bicyclic) bond motifs is 2. The Kier molecular flexibility index (Phi) is 3.58. The fraction of sp³-hybridized carbons (Fsp3) is 0.364. The quantitative estimate of drug-likeness (QED) is 0.333. The second-order valence-corrected chi connectivity index (χ2v) is 6.08. The molecule has 3 heterocycles. The zero-order chi connectivity index (χ0) is 16.8. The van der Waals surface area contributed by atoms with Crippen LogP contribution in [0.1, 0.15) is 12.5 Å². The summed E-state index contributed by atoms with van der Waals surface area (Å²) in [4.78, 5) is 13.4. The minimum absolute atomic E-state index is 0.192. The van der Waals surface area contributed by atoms with Crippen LogP contribution < -0.4 is 0 Å². The number of oxime groups is 1. The average molecular weight is 343 g/mol. The number of hydroxylamine groups is 2. The molecule has 12 heteroatoms. The lowest BCUT2D eigenvalue weighted by Crippen LogP contribution is -2.35. The van der Waals surface area contributed by atoms with Gasteiger partial charge >= 0.3 is 16.4 Å². The molecule has 124 valence electrons. The van der Waals surface area contributed by atoms with Crippen LogP contribution in [-0.2, 0) is 14.7 Å². The number of nitrogens with zero attached hydrogens (tertiary/aromatic N) is 5. The first kappa shape index (κ1) is 15.5. The van der Waals surface area contributed by atoms with Crippen LogP contribution in [-0.4, -0.2) is 68.8 Å². The summed E-state index contributed by atoms with van der Waals surface area (Å²) in [5.41, 5.74) is 1.59. The molecule has 3 rings (SSSR count). The zero-order valence-electron chi connectivity index (χ0n) is 11.9. The molecule has 2 amide bonds. The van der Waals surface area contributed by atoms with Gasteiger partial charge in [0, 0.05) is 18.3 Å². The number of rotatable bonds is 4. The van der Waals surface area contributed by atoms with Crippen LogP contribution in [0.25, 0.3) is 5.70 Å². The van der Waals surface area contributed by atoms with Gasteiger partial charge in [-0.15, -0.1) is 4.28 Å². The summed E-state index contributed by atoms with van der Waals surface area (Å²) >= 11 is 0. The number of carbonyl (C=O) groups is 1. The Balaban J connectivity index is 1.88. The Morgan fingerprint density at radius 2 is 2.26 bits per heavy atom. The predicted molar refractivity (Wildman–Crippen MR) is 75.7 cm³/mol. The van der Waals surface area contributed by atoms with Crippen LogP contribution in [0.5, 0.6) is 0 Å². The number of hydrogen-bond acceptors (Lipinski definition) is 7. The maximum atomic E-state index is 12.0. The lowest BCUT2D eigenvalue weighted by Gasteiger charge is -2.20. The van der Waals surface area contributed by atoms with Crippen molar-refractivity contribution < 1.29 is 27.3 Å². The summed E-state index contributed by atoms with van der Waals surface area (Å²) in [5.74, 6) is 0. The van der Waals surface area contributed by atoms with Gasteiger partial charge in [-0.3, -0.25) is 4.55 Å². The SMILES string of the molecule is C/C(=N/O)c1cnn(C2=CC3CN(C2)C(=O)N3OS(=O)(=O)O)c1. The molecule has 1 unspecified atom stereocenters. The Morgan fingerprint density at radius 1 is 1.52 bits per heavy atom. The van der Waals surface area contributed by atoms with Gasteiger partial charge in [-0.2, -0.15) is 18.6 Å². The highest BCUT2D eigenvalue weighted by Crippen LogP contribution is 2.27. The van der Waals surface area contributed by atoms with Crippen LogP contribution in [0, 0.1) is 0 Å². The first-order valence-electron chi connectivity index (χ1n) is 6.48. The van der Waals surface area contributed by atoms with E-state index in [0.29, 0.717) is 22.0 Å². The van der Waals surface area contributed by atoms with E-state index in [-0.39, 0.29) is 13.1 Å². The number of aromatic nitrogens is 2. The van der Waals surface area contributed by atoms with Crippen molar-refractivity contribution >= 4 is 27.8 Å². The summed E-state index contributed by atoms with van der Waals surface area (Å²) in [6, 6.07) is -1.34. The van der Waals surface area contributed by atoms with Gasteiger partial charge in [-0.25, -0.2) is 9.48 Å². The molecule has 0 aromatic carbocycles. The Bertz CT molecular complexity index is 813. The van der Waals surface area contributed by atoms with Gasteiger partial charge in [0.2, 0.25) is 0 Å². The fourth-order valence-corrected chi connectivity index (χ4v) is 2.82. The van der Waals surface area contributed by atoms with Gasteiger partial charge in [0.05, 0.1) is 24.2 Å². The van der Waals surface area contributed by atoms with E-state index in [1.807, 2.05) is 0 Å². The third-order valence-corrected chi connectivity index (χ3v) is 3.87. The van der Waals surface area contributed by atoms with Crippen molar-refractivity contribution in [3.63, 3.8) is 0 Å². The summed E-state index contributed by atoms with van der Waals surface area (Å²) < 4.78 is 36.2. The van der Waals surface area contributed by atoms with E-state index in [9.17, 15) is 13.2 Å². The Hall–Kier alpha value is -2.44. The zero-order valence-corrected chi connectivity index (χ0v) is 12.7. The van der Waals surface area contributed by atoms with Gasteiger partial charge in [0.1, 0.15) is 6.04 Å². The minimum Gasteiger partial charge on any atom is -0.411 e. The van der Waals surface area contributed by atoms with Gasteiger partial charge in [0.15, 0.2) is 0 Å². The van der Waals surface area contributed by atoms with E-state index >= 15 is 0 Å². The van der Waals surface area contributed by atoms with Gasteiger partial charge in [0.25, 0.3) is 0 Å². The van der Waals surface area contributed by atoms with E-state index in [1.165, 1.54) is 15.8 Å². The van der Waals surface area contributed by atoms with Crippen molar-refractivity contribution in [2.75, 3.05) is 13.1 Å². The van der Waals surface area contributed by atoms with E-state index in [2.05, 4.69) is 14.5 Å². The maximum absolute atomic E-state index is 12.0. The highest BCUT2D eigenvalue weighted by atomic mass is 32.3. The van der Waals surface area contributed by atoms with E-state index in [1.54, 1.807) is 19.2 Å². The summed E-state index contributed by atoms with van der Waals surface area (Å²) in [7, 11) is -4.79. The minimum atomic E-state index is -4.79. The normalized spacial score (nSPS) is 21.8. The van der Waals surface area contributed by atoms with E-state index < -0.39 is 22.5 Å². The molecule has 1 fully saturated rings. The van der Waals surface area contributed by atoms with Crippen molar-refractivity contribution in [2.24, 2.45) is 5.16 Å². The topological polar surface area (TPSA) is 138 Å². The predicted octanol–water partition coefficient (Wildman–Crippen LogP) is -0.224. The average Bonchev–Trinajstić information content (AvgIpc) is 3.06. The molecule has 23 heavy (non-hydrogen) atoms. The number of carbonyl (C=O) groups excluding carboxylic acids is 1. The van der Waals surface area contributed by atoms with Crippen molar-refractivity contribution in [1.29, 1.82) is 0 Å². The monoisotopic (exact) mass is 343 g/mol. The molecule has 1 atom stereocenters. The molecule has 2 aliphatic heterocycles. The Morgan fingerprint density at radius 3 is 2.91 bits per heavy atom. The first-order chi connectivity index (χ1) is 10.8. The Labute approximate surface area is 130 Å². The second-order valence-electron chi connectivity index (χ2n) is 5.08. The molecule has 2 aliphatic rings. The molecule has 0 aliphatic carbocycles. The maximum Gasteiger partial charge on any atom is 0.418 e. The van der Waals surface area contributed by atoms with E-state index in [4.69, 9.17) is 9.76 Å². The molecular weight excluding hydrogens is 330 g/mol. The number of urea groups is 1. The van der Waals surface area contributed by atoms with Gasteiger partial charge < -0.3 is 10.1 Å². The van der Waals surface area contributed by atoms with Gasteiger partial charge in [-0.1, -0.05) is 5.16 Å². The van der Waals surface area contributed by atoms with Crippen LogP contribution in [0.15, 0.2) is 23.6 Å². The molecular formula is C11H13N5O6S. The molecule has 11 nitrogen and oxygen atoms in total. The molecule has 0 radical (unpaired) electrons. The summed E-state index contributed by atoms with van der Waals surface area (Å²) in [5, 5.41) is 16.6. The second kappa shape index (κ2) is 5.33. The third-order valence-electron chi connectivity index (χ3n) is 3.52. The molecule has 2 N–H and O–H groups in total. The molecule has 0 saturated carbocycles. The number of hydrogen-bond donors (Lipinski definition) is 2. The van der Waals surface area contributed by atoms with Crippen LogP contribution in [0.2, 0.25) is 0 Å². The molecule has 2 bridgehead atoms. The largest absolute Gasteiger partial charge is 0.418 e. The summed E-state index contributed by atoms with van der Waals surface area (Å²) in [6.45, 7) is 2.04. The van der Waals surface area contributed by atoms with Crippen molar-refractivity contribution in [3.05, 3.63) is 24.0 Å². The highest BCUT2D eigenvalue weighted by molar-refractivity contribution is 7.80. The number of amides is 2. The lowest BCUT2D eigenvalue weighted by atomic mass is 10.2. The van der Waals surface area contributed by atoms with Crippen LogP contribution >= 0.6 is 0 Å². The first-order valence-corrected chi connectivity index (χ1v) is 7.85. The summed E-state index contributed by atoms with van der Waals surface area (Å²) in [6.07, 6.45) is 4.73. The van der Waals surface area contributed by atoms with Gasteiger partial charge in [-0.05, 0) is 13.0 Å². The molecule has 1 aromatic heterocycles. The smallest absolute Gasteiger partial charge is 0.411 e. The van der Waals surface area contributed by atoms with E-state index in [0.717, 1.165) is 0 Å². The van der Waals surface area contributed by atoms with Crippen molar-refractivity contribution in [3.8, 4) is 0 Å². The molecule has 1 saturated heterocycles. The molecule has 1 aromatic rings. The van der Waals surface area contributed by atoms with Crippen LogP contribution in [0.3, 0.4) is 0 Å². The van der Waals surface area contributed by atoms with Crippen molar-refractivity contribution in [1.82, 2.24) is 19.7 Å². The fourth-order valence-electron chi connectivity index (χ4n) is 2.44. The standard InChI is InChI=1S/C11H13N5O6S/c1-7(13-18)8-3-12-15(4-8)9-2-10-6-14(5-9)11(17)16(10)22-23(19,20)21/h2-4,10,18H,5-6H2,1H3,(H,19,20,21)/b13-7-. The highest BCUT2D eigenvalue weighted by Gasteiger charge is 2.43. The lowest BCUT2D eigenvalue weighted by molar-refractivity contribution is -0.0183.